The quantitative estimate of drug-likeness (QED) is 0.0955. The van der Waals surface area contributed by atoms with E-state index in [0.29, 0.717) is 28.9 Å². The van der Waals surface area contributed by atoms with Gasteiger partial charge in [-0.25, -0.2) is 9.78 Å². The Morgan fingerprint density at radius 1 is 0.804 bits per heavy atom. The van der Waals surface area contributed by atoms with Crippen LogP contribution in [0.25, 0.3) is 0 Å². The standard InChI is InChI=1S/C33H37N7O6/c34-26(13-20-5-2-1-3-6-20)31(43)38-23-8-4-7-22(15-23)28(40-32(44)27(35)16-24-18-36-19-37-24)17-30(42)39-29(33(45)46)14-21-9-11-25(41)12-10-21/h1-12,15,18-19,26-29,41H,13-14,16-17,34-35H2,(H,36,37)(H,38,43)(H,39,42)(H,40,44)(H,45,46)/t26-,27-,28?,29-/m0/s1. The molecule has 46 heavy (non-hydrogen) atoms. The lowest BCUT2D eigenvalue weighted by atomic mass is 10.00. The summed E-state index contributed by atoms with van der Waals surface area (Å²) in [7, 11) is 0. The van der Waals surface area contributed by atoms with Crippen LogP contribution in [0.15, 0.2) is 91.4 Å². The molecule has 0 fully saturated rings. The molecule has 3 amide bonds. The second kappa shape index (κ2) is 16.0. The van der Waals surface area contributed by atoms with E-state index in [1.165, 1.54) is 18.5 Å². The number of carbonyl (C=O) groups is 4. The number of rotatable bonds is 15. The maximum Gasteiger partial charge on any atom is 0.326 e. The number of carbonyl (C=O) groups excluding carboxylic acids is 3. The van der Waals surface area contributed by atoms with E-state index in [0.717, 1.165) is 5.56 Å². The van der Waals surface area contributed by atoms with Crippen LogP contribution in [-0.2, 0) is 38.4 Å². The van der Waals surface area contributed by atoms with Gasteiger partial charge in [0.05, 0.1) is 30.9 Å². The lowest BCUT2D eigenvalue weighted by molar-refractivity contribution is -0.142. The Hall–Kier alpha value is -5.53. The van der Waals surface area contributed by atoms with Gasteiger partial charge in [-0.3, -0.25) is 14.4 Å². The van der Waals surface area contributed by atoms with Crippen LogP contribution in [0.5, 0.6) is 5.75 Å². The first kappa shape index (κ1) is 33.4. The van der Waals surface area contributed by atoms with Crippen LogP contribution in [0.2, 0.25) is 0 Å². The van der Waals surface area contributed by atoms with Crippen LogP contribution in [0.1, 0.15) is 34.8 Å². The lowest BCUT2D eigenvalue weighted by Gasteiger charge is -2.23. The number of nitrogens with one attached hydrogen (secondary N) is 4. The molecule has 0 saturated heterocycles. The number of anilines is 1. The van der Waals surface area contributed by atoms with Crippen molar-refractivity contribution in [3.63, 3.8) is 0 Å². The number of phenolic OH excluding ortho intramolecular Hbond substituents is 1. The molecule has 13 nitrogen and oxygen atoms in total. The molecule has 0 bridgehead atoms. The van der Waals surface area contributed by atoms with E-state index in [2.05, 4.69) is 25.9 Å². The summed E-state index contributed by atoms with van der Waals surface area (Å²) in [4.78, 5) is 58.1. The molecule has 240 valence electrons. The second-order valence-electron chi connectivity index (χ2n) is 10.9. The van der Waals surface area contributed by atoms with Gasteiger partial charge in [0.1, 0.15) is 11.8 Å². The van der Waals surface area contributed by atoms with Crippen molar-refractivity contribution in [3.05, 3.63) is 114 Å². The van der Waals surface area contributed by atoms with Crippen molar-refractivity contribution >= 4 is 29.4 Å². The van der Waals surface area contributed by atoms with Crippen LogP contribution < -0.4 is 27.4 Å². The number of hydrogen-bond acceptors (Lipinski definition) is 8. The number of aromatic nitrogens is 2. The molecule has 0 aliphatic heterocycles. The number of aromatic hydroxyl groups is 1. The molecule has 1 heterocycles. The normalized spacial score (nSPS) is 13.5. The van der Waals surface area contributed by atoms with Gasteiger partial charge in [0, 0.05) is 30.4 Å². The summed E-state index contributed by atoms with van der Waals surface area (Å²) in [5, 5.41) is 27.4. The van der Waals surface area contributed by atoms with Gasteiger partial charge in [0.15, 0.2) is 0 Å². The first-order valence-electron chi connectivity index (χ1n) is 14.6. The van der Waals surface area contributed by atoms with Crippen LogP contribution in [0.4, 0.5) is 5.69 Å². The smallest absolute Gasteiger partial charge is 0.326 e. The number of carboxylic acid groups (broad SMARTS) is 1. The van der Waals surface area contributed by atoms with Gasteiger partial charge in [-0.05, 0) is 47.4 Å². The Labute approximate surface area is 265 Å². The Morgan fingerprint density at radius 2 is 1.50 bits per heavy atom. The fourth-order valence-electron chi connectivity index (χ4n) is 4.79. The number of H-pyrrole nitrogens is 1. The molecule has 0 aliphatic rings. The number of aromatic amines is 1. The van der Waals surface area contributed by atoms with Gasteiger partial charge in [0.25, 0.3) is 0 Å². The number of hydrogen-bond donors (Lipinski definition) is 8. The molecule has 13 heteroatoms. The van der Waals surface area contributed by atoms with Crippen LogP contribution in [0.3, 0.4) is 0 Å². The Bertz CT molecular complexity index is 1610. The predicted molar refractivity (Wildman–Crippen MR) is 170 cm³/mol. The highest BCUT2D eigenvalue weighted by molar-refractivity contribution is 5.95. The fraction of sp³-hybridized carbons (Fsp3) is 0.242. The van der Waals surface area contributed by atoms with Crippen molar-refractivity contribution in [2.24, 2.45) is 11.5 Å². The third kappa shape index (κ3) is 10.0. The highest BCUT2D eigenvalue weighted by atomic mass is 16.4. The molecule has 4 atom stereocenters. The maximum absolute atomic E-state index is 13.2. The van der Waals surface area contributed by atoms with Gasteiger partial charge < -0.3 is 42.6 Å². The third-order valence-corrected chi connectivity index (χ3v) is 7.24. The number of nitrogens with zero attached hydrogens (tertiary/aromatic N) is 1. The first-order valence-corrected chi connectivity index (χ1v) is 14.6. The minimum absolute atomic E-state index is 0.0283. The van der Waals surface area contributed by atoms with Gasteiger partial charge in [-0.15, -0.1) is 0 Å². The molecular weight excluding hydrogens is 590 g/mol. The first-order chi connectivity index (χ1) is 22.1. The number of aliphatic carboxylic acids is 1. The molecule has 1 unspecified atom stereocenters. The van der Waals surface area contributed by atoms with Crippen LogP contribution in [-0.4, -0.2) is 62.0 Å². The minimum atomic E-state index is -1.27. The molecular formula is C33H37N7O6. The van der Waals surface area contributed by atoms with Crippen molar-refractivity contribution in [1.29, 1.82) is 0 Å². The Balaban J connectivity index is 1.49. The number of nitrogens with two attached hydrogens (primary N) is 2. The van der Waals surface area contributed by atoms with Crippen LogP contribution >= 0.6 is 0 Å². The zero-order valence-corrected chi connectivity index (χ0v) is 24.9. The Morgan fingerprint density at radius 3 is 2.17 bits per heavy atom. The summed E-state index contributed by atoms with van der Waals surface area (Å²) < 4.78 is 0. The highest BCUT2D eigenvalue weighted by Gasteiger charge is 2.26. The minimum Gasteiger partial charge on any atom is -0.508 e. The van der Waals surface area contributed by atoms with E-state index in [-0.39, 0.29) is 25.0 Å². The van der Waals surface area contributed by atoms with Gasteiger partial charge in [0.2, 0.25) is 17.7 Å². The summed E-state index contributed by atoms with van der Waals surface area (Å²) >= 11 is 0. The molecule has 4 aromatic rings. The summed E-state index contributed by atoms with van der Waals surface area (Å²) in [5.41, 5.74) is 15.3. The van der Waals surface area contributed by atoms with E-state index in [1.54, 1.807) is 42.6 Å². The molecule has 1 aromatic heterocycles. The van der Waals surface area contributed by atoms with E-state index in [1.807, 2.05) is 30.3 Å². The molecule has 0 radical (unpaired) electrons. The van der Waals surface area contributed by atoms with Gasteiger partial charge >= 0.3 is 5.97 Å². The topological polar surface area (TPSA) is 226 Å². The highest BCUT2D eigenvalue weighted by Crippen LogP contribution is 2.22. The van der Waals surface area contributed by atoms with Crippen molar-refractivity contribution in [3.8, 4) is 5.75 Å². The SMILES string of the molecule is N[C@@H](Cc1ccccc1)C(=O)Nc1cccc(C(CC(=O)N[C@@H](Cc2ccc(O)cc2)C(=O)O)NC(=O)[C@@H](N)Cc2cnc[nH]2)c1. The van der Waals surface area contributed by atoms with Crippen LogP contribution in [0, 0.1) is 0 Å². The zero-order chi connectivity index (χ0) is 33.1. The molecule has 3 aromatic carbocycles. The molecule has 0 aliphatic carbocycles. The predicted octanol–water partition coefficient (Wildman–Crippen LogP) is 1.55. The summed E-state index contributed by atoms with van der Waals surface area (Å²) in [6.07, 6.45) is 3.15. The number of benzene rings is 3. The second-order valence-corrected chi connectivity index (χ2v) is 10.9. The van der Waals surface area contributed by atoms with Crippen molar-refractivity contribution in [1.82, 2.24) is 20.6 Å². The van der Waals surface area contributed by atoms with E-state index in [9.17, 15) is 29.4 Å². The van der Waals surface area contributed by atoms with E-state index in [4.69, 9.17) is 11.5 Å². The summed E-state index contributed by atoms with van der Waals surface area (Å²) in [6, 6.07) is 17.9. The molecule has 0 saturated carbocycles. The molecule has 4 rings (SSSR count). The van der Waals surface area contributed by atoms with Crippen molar-refractivity contribution < 1.29 is 29.4 Å². The summed E-state index contributed by atoms with van der Waals surface area (Å²) in [6.45, 7) is 0. The van der Waals surface area contributed by atoms with Gasteiger partial charge in [-0.1, -0.05) is 54.6 Å². The van der Waals surface area contributed by atoms with E-state index < -0.39 is 47.9 Å². The zero-order valence-electron chi connectivity index (χ0n) is 24.9. The summed E-state index contributed by atoms with van der Waals surface area (Å²) in [5.74, 6) is -2.83. The number of carboxylic acids is 1. The fourth-order valence-corrected chi connectivity index (χ4v) is 4.79. The number of phenols is 1. The van der Waals surface area contributed by atoms with Gasteiger partial charge in [-0.2, -0.15) is 0 Å². The van der Waals surface area contributed by atoms with Crippen molar-refractivity contribution in [2.45, 2.75) is 49.9 Å². The van der Waals surface area contributed by atoms with Crippen molar-refractivity contribution in [2.75, 3.05) is 5.32 Å². The monoisotopic (exact) mass is 627 g/mol. The molecule has 0 spiro atoms. The number of imidazole rings is 1. The number of amides is 3. The molecule has 10 N–H and O–H groups in total. The Kier molecular flexibility index (Phi) is 11.6. The van der Waals surface area contributed by atoms with E-state index >= 15 is 0 Å². The third-order valence-electron chi connectivity index (χ3n) is 7.24. The lowest BCUT2D eigenvalue weighted by Crippen LogP contribution is -2.46. The maximum atomic E-state index is 13.2. The average molecular weight is 628 g/mol. The largest absolute Gasteiger partial charge is 0.508 e. The average Bonchev–Trinajstić information content (AvgIpc) is 3.55.